The molecule has 19 heavy (non-hydrogen) atoms. The molecule has 1 heterocycles. The highest BCUT2D eigenvalue weighted by molar-refractivity contribution is 5.85. The fourth-order valence-electron chi connectivity index (χ4n) is 2.47. The summed E-state index contributed by atoms with van der Waals surface area (Å²) in [7, 11) is 0. The molecule has 1 atom stereocenters. The van der Waals surface area contributed by atoms with E-state index in [1.807, 2.05) is 6.07 Å². The van der Waals surface area contributed by atoms with Gasteiger partial charge in [-0.1, -0.05) is 48.5 Å². The van der Waals surface area contributed by atoms with Crippen LogP contribution in [-0.4, -0.2) is 12.6 Å². The molecule has 2 N–H and O–H groups in total. The van der Waals surface area contributed by atoms with Crippen LogP contribution in [0.1, 0.15) is 12.0 Å². The zero-order chi connectivity index (χ0) is 12.4. The van der Waals surface area contributed by atoms with Gasteiger partial charge in [0.1, 0.15) is 11.9 Å². The standard InChI is InChI=1S/C16H17NO.ClH/c17-11-14-10-9-13-7-4-8-15(16(13)18-14)12-5-2-1-3-6-12;/h1-8,14H,9-11,17H2;1H/t14-;/m1./s1. The Balaban J connectivity index is 0.00000133. The van der Waals surface area contributed by atoms with Crippen molar-refractivity contribution in [2.75, 3.05) is 6.54 Å². The van der Waals surface area contributed by atoms with E-state index in [9.17, 15) is 0 Å². The molecule has 0 bridgehead atoms. The lowest BCUT2D eigenvalue weighted by atomic mass is 9.96. The molecule has 1 aliphatic rings. The highest BCUT2D eigenvalue weighted by atomic mass is 35.5. The molecule has 0 radical (unpaired) electrons. The van der Waals surface area contributed by atoms with Gasteiger partial charge in [-0.15, -0.1) is 12.4 Å². The Hall–Kier alpha value is -1.51. The van der Waals surface area contributed by atoms with Crippen LogP contribution in [-0.2, 0) is 6.42 Å². The van der Waals surface area contributed by atoms with E-state index < -0.39 is 0 Å². The van der Waals surface area contributed by atoms with E-state index in [4.69, 9.17) is 10.5 Å². The first-order valence-electron chi connectivity index (χ1n) is 6.42. The molecule has 2 aromatic rings. The van der Waals surface area contributed by atoms with Crippen LogP contribution in [0.5, 0.6) is 5.75 Å². The molecular formula is C16H18ClNO. The maximum absolute atomic E-state index is 6.04. The SMILES string of the molecule is Cl.NC[C@H]1CCc2cccc(-c3ccccc3)c2O1. The van der Waals surface area contributed by atoms with Crippen LogP contribution in [0.3, 0.4) is 0 Å². The second-order valence-corrected chi connectivity index (χ2v) is 4.67. The second-order valence-electron chi connectivity index (χ2n) is 4.67. The van der Waals surface area contributed by atoms with Gasteiger partial charge in [0.05, 0.1) is 0 Å². The van der Waals surface area contributed by atoms with Crippen LogP contribution in [0.15, 0.2) is 48.5 Å². The normalized spacial score (nSPS) is 17.0. The summed E-state index contributed by atoms with van der Waals surface area (Å²) in [5.41, 5.74) is 9.39. The van der Waals surface area contributed by atoms with Gasteiger partial charge in [0.2, 0.25) is 0 Å². The van der Waals surface area contributed by atoms with Gasteiger partial charge in [0, 0.05) is 12.1 Å². The van der Waals surface area contributed by atoms with Crippen LogP contribution in [0.4, 0.5) is 0 Å². The van der Waals surface area contributed by atoms with Gasteiger partial charge in [-0.3, -0.25) is 0 Å². The molecule has 0 amide bonds. The summed E-state index contributed by atoms with van der Waals surface area (Å²) in [6, 6.07) is 16.7. The highest BCUT2D eigenvalue weighted by Crippen LogP contribution is 2.37. The zero-order valence-electron chi connectivity index (χ0n) is 10.7. The fraction of sp³-hybridized carbons (Fsp3) is 0.250. The Labute approximate surface area is 120 Å². The molecule has 0 fully saturated rings. The van der Waals surface area contributed by atoms with Crippen LogP contribution in [0.25, 0.3) is 11.1 Å². The Bertz CT molecular complexity index is 542. The van der Waals surface area contributed by atoms with E-state index in [-0.39, 0.29) is 18.5 Å². The molecule has 0 aromatic heterocycles. The third-order valence-electron chi connectivity index (χ3n) is 3.46. The highest BCUT2D eigenvalue weighted by Gasteiger charge is 2.21. The minimum atomic E-state index is 0. The molecule has 3 rings (SSSR count). The number of para-hydroxylation sites is 1. The minimum absolute atomic E-state index is 0. The third-order valence-corrected chi connectivity index (χ3v) is 3.46. The molecule has 3 heteroatoms. The number of benzene rings is 2. The molecule has 0 unspecified atom stereocenters. The third kappa shape index (κ3) is 2.75. The van der Waals surface area contributed by atoms with Crippen LogP contribution in [0, 0.1) is 0 Å². The van der Waals surface area contributed by atoms with Gasteiger partial charge >= 0.3 is 0 Å². The number of halogens is 1. The van der Waals surface area contributed by atoms with Crippen molar-refractivity contribution < 1.29 is 4.74 Å². The average Bonchev–Trinajstić information content (AvgIpc) is 2.47. The summed E-state index contributed by atoms with van der Waals surface area (Å²) in [5.74, 6) is 1.02. The first kappa shape index (κ1) is 13.9. The van der Waals surface area contributed by atoms with Gasteiger partial charge in [-0.2, -0.15) is 0 Å². The van der Waals surface area contributed by atoms with Gasteiger partial charge in [0.15, 0.2) is 0 Å². The second kappa shape index (κ2) is 6.09. The van der Waals surface area contributed by atoms with Crippen molar-refractivity contribution in [2.45, 2.75) is 18.9 Å². The first-order valence-corrected chi connectivity index (χ1v) is 6.42. The quantitative estimate of drug-likeness (QED) is 0.911. The van der Waals surface area contributed by atoms with Crippen LogP contribution >= 0.6 is 12.4 Å². The lowest BCUT2D eigenvalue weighted by molar-refractivity contribution is 0.182. The molecule has 0 spiro atoms. The fourth-order valence-corrected chi connectivity index (χ4v) is 2.47. The summed E-state index contributed by atoms with van der Waals surface area (Å²) in [5, 5.41) is 0. The Kier molecular flexibility index (Phi) is 4.46. The Morgan fingerprint density at radius 3 is 2.58 bits per heavy atom. The predicted molar refractivity (Wildman–Crippen MR) is 80.9 cm³/mol. The predicted octanol–water partition coefficient (Wildman–Crippen LogP) is 3.43. The van der Waals surface area contributed by atoms with Gasteiger partial charge in [-0.05, 0) is 24.0 Å². The van der Waals surface area contributed by atoms with Gasteiger partial charge in [0.25, 0.3) is 0 Å². The Morgan fingerprint density at radius 1 is 1.05 bits per heavy atom. The van der Waals surface area contributed by atoms with Crippen molar-refractivity contribution in [1.29, 1.82) is 0 Å². The first-order chi connectivity index (χ1) is 8.88. The Morgan fingerprint density at radius 2 is 1.84 bits per heavy atom. The number of fused-ring (bicyclic) bond motifs is 1. The monoisotopic (exact) mass is 275 g/mol. The smallest absolute Gasteiger partial charge is 0.130 e. The number of rotatable bonds is 2. The molecular weight excluding hydrogens is 258 g/mol. The number of ether oxygens (including phenoxy) is 1. The van der Waals surface area contributed by atoms with Crippen molar-refractivity contribution in [3.05, 3.63) is 54.1 Å². The maximum atomic E-state index is 6.04. The molecule has 0 saturated carbocycles. The number of nitrogens with two attached hydrogens (primary N) is 1. The van der Waals surface area contributed by atoms with Crippen molar-refractivity contribution in [3.63, 3.8) is 0 Å². The zero-order valence-corrected chi connectivity index (χ0v) is 11.5. The van der Waals surface area contributed by atoms with E-state index in [2.05, 4.69) is 42.5 Å². The largest absolute Gasteiger partial charge is 0.488 e. The molecule has 0 saturated heterocycles. The lowest BCUT2D eigenvalue weighted by Crippen LogP contribution is -2.30. The van der Waals surface area contributed by atoms with Crippen molar-refractivity contribution in [2.24, 2.45) is 5.73 Å². The number of aryl methyl sites for hydroxylation is 1. The number of hydrogen-bond acceptors (Lipinski definition) is 2. The van der Waals surface area contributed by atoms with Gasteiger partial charge < -0.3 is 10.5 Å². The van der Waals surface area contributed by atoms with E-state index >= 15 is 0 Å². The summed E-state index contributed by atoms with van der Waals surface area (Å²) < 4.78 is 6.04. The van der Waals surface area contributed by atoms with E-state index in [1.54, 1.807) is 0 Å². The van der Waals surface area contributed by atoms with E-state index in [0.717, 1.165) is 18.6 Å². The van der Waals surface area contributed by atoms with Crippen LogP contribution < -0.4 is 10.5 Å². The van der Waals surface area contributed by atoms with Crippen molar-refractivity contribution in [1.82, 2.24) is 0 Å². The minimum Gasteiger partial charge on any atom is -0.488 e. The molecule has 100 valence electrons. The summed E-state index contributed by atoms with van der Waals surface area (Å²) in [6.45, 7) is 0.586. The molecule has 1 aliphatic heterocycles. The summed E-state index contributed by atoms with van der Waals surface area (Å²) in [4.78, 5) is 0. The number of hydrogen-bond donors (Lipinski definition) is 1. The van der Waals surface area contributed by atoms with E-state index in [0.29, 0.717) is 6.54 Å². The topological polar surface area (TPSA) is 35.2 Å². The summed E-state index contributed by atoms with van der Waals surface area (Å²) in [6.07, 6.45) is 2.22. The lowest BCUT2D eigenvalue weighted by Gasteiger charge is -2.27. The van der Waals surface area contributed by atoms with Gasteiger partial charge in [-0.25, -0.2) is 0 Å². The maximum Gasteiger partial charge on any atom is 0.130 e. The average molecular weight is 276 g/mol. The molecule has 2 nitrogen and oxygen atoms in total. The van der Waals surface area contributed by atoms with E-state index in [1.165, 1.54) is 16.7 Å². The van der Waals surface area contributed by atoms with Crippen molar-refractivity contribution in [3.8, 4) is 16.9 Å². The summed E-state index contributed by atoms with van der Waals surface area (Å²) >= 11 is 0. The molecule has 2 aromatic carbocycles. The molecule has 0 aliphatic carbocycles. The van der Waals surface area contributed by atoms with Crippen molar-refractivity contribution >= 4 is 12.4 Å². The van der Waals surface area contributed by atoms with Crippen LogP contribution in [0.2, 0.25) is 0 Å².